The van der Waals surface area contributed by atoms with Gasteiger partial charge in [-0.15, -0.1) is 0 Å². The van der Waals surface area contributed by atoms with E-state index in [1.54, 1.807) is 0 Å². The normalized spacial score (nSPS) is 11.7. The molecule has 2 aromatic heterocycles. The molecule has 0 spiro atoms. The lowest BCUT2D eigenvalue weighted by Gasteiger charge is -2.26. The van der Waals surface area contributed by atoms with Crippen molar-refractivity contribution in [3.05, 3.63) is 170 Å². The summed E-state index contributed by atoms with van der Waals surface area (Å²) in [5.41, 5.74) is 8.94. The average molecular weight is 629 g/mol. The lowest BCUT2D eigenvalue weighted by molar-refractivity contribution is 0.618. The van der Waals surface area contributed by atoms with Crippen molar-refractivity contribution < 1.29 is 8.83 Å². The van der Waals surface area contributed by atoms with Crippen LogP contribution in [0.5, 0.6) is 0 Å². The summed E-state index contributed by atoms with van der Waals surface area (Å²) >= 11 is 0. The SMILES string of the molecule is c1ccc(-c2cccc(N(c3ccc4c(ccc5ccccc54)c3)c3c4oc(-c5ccccc5)nc4cc4c3oc3ccccc34)c2)cc1. The molecule has 0 aliphatic carbocycles. The average Bonchev–Trinajstić information content (AvgIpc) is 3.77. The first-order valence-corrected chi connectivity index (χ1v) is 16.5. The topological polar surface area (TPSA) is 42.4 Å². The van der Waals surface area contributed by atoms with Crippen LogP contribution in [0, 0.1) is 0 Å². The standard InChI is InChI=1S/C45H28N2O2/c1-3-12-29(13-4-1)32-17-11-18-34(26-32)47(35-24-25-37-33(27-35)23-22-30-14-7-8-19-36(30)37)42-43-39(38-20-9-10-21-41(38)48-43)28-40-44(42)49-45(46-40)31-15-5-2-6-16-31/h1-28H. The maximum absolute atomic E-state index is 6.76. The Labute approximate surface area is 282 Å². The van der Waals surface area contributed by atoms with Crippen LogP contribution in [0.15, 0.2) is 179 Å². The van der Waals surface area contributed by atoms with Crippen molar-refractivity contribution in [3.8, 4) is 22.6 Å². The van der Waals surface area contributed by atoms with E-state index in [-0.39, 0.29) is 0 Å². The maximum Gasteiger partial charge on any atom is 0.227 e. The van der Waals surface area contributed by atoms with Crippen molar-refractivity contribution in [2.75, 3.05) is 4.90 Å². The number of furan rings is 1. The van der Waals surface area contributed by atoms with Gasteiger partial charge in [0.15, 0.2) is 11.2 Å². The van der Waals surface area contributed by atoms with Crippen LogP contribution in [-0.4, -0.2) is 4.98 Å². The Morgan fingerprint density at radius 2 is 1.08 bits per heavy atom. The van der Waals surface area contributed by atoms with Crippen LogP contribution in [0.3, 0.4) is 0 Å². The molecular formula is C45H28N2O2. The summed E-state index contributed by atoms with van der Waals surface area (Å²) in [6.45, 7) is 0. The zero-order valence-corrected chi connectivity index (χ0v) is 26.4. The van der Waals surface area contributed by atoms with Crippen LogP contribution in [-0.2, 0) is 0 Å². The molecule has 0 saturated carbocycles. The van der Waals surface area contributed by atoms with Crippen molar-refractivity contribution in [2.24, 2.45) is 0 Å². The fraction of sp³-hybridized carbons (Fsp3) is 0. The summed E-state index contributed by atoms with van der Waals surface area (Å²) in [6, 6.07) is 59.1. The predicted octanol–water partition coefficient (Wildman–Crippen LogP) is 12.8. The number of nitrogens with zero attached hydrogens (tertiary/aromatic N) is 2. The largest absolute Gasteiger partial charge is 0.454 e. The van der Waals surface area contributed by atoms with Crippen LogP contribution in [0.4, 0.5) is 17.1 Å². The first-order valence-electron chi connectivity index (χ1n) is 16.5. The molecule has 8 aromatic carbocycles. The number of hydrogen-bond donors (Lipinski definition) is 0. The van der Waals surface area contributed by atoms with E-state index < -0.39 is 0 Å². The molecule has 0 aliphatic heterocycles. The Hall–Kier alpha value is -6.65. The molecule has 4 heteroatoms. The molecule has 0 amide bonds. The van der Waals surface area contributed by atoms with Crippen LogP contribution < -0.4 is 4.90 Å². The molecule has 10 rings (SSSR count). The Bertz CT molecular complexity index is 2830. The van der Waals surface area contributed by atoms with Gasteiger partial charge in [-0.25, -0.2) is 4.98 Å². The first kappa shape index (κ1) is 27.5. The minimum Gasteiger partial charge on any atom is -0.454 e. The van der Waals surface area contributed by atoms with E-state index >= 15 is 0 Å². The predicted molar refractivity (Wildman–Crippen MR) is 202 cm³/mol. The van der Waals surface area contributed by atoms with Crippen LogP contribution in [0.25, 0.3) is 77.2 Å². The zero-order chi connectivity index (χ0) is 32.3. The zero-order valence-electron chi connectivity index (χ0n) is 26.4. The summed E-state index contributed by atoms with van der Waals surface area (Å²) in [7, 11) is 0. The minimum absolute atomic E-state index is 0.566. The van der Waals surface area contributed by atoms with Gasteiger partial charge >= 0.3 is 0 Å². The highest BCUT2D eigenvalue weighted by atomic mass is 16.4. The highest BCUT2D eigenvalue weighted by Crippen LogP contribution is 2.48. The maximum atomic E-state index is 6.76. The Morgan fingerprint density at radius 3 is 1.94 bits per heavy atom. The van der Waals surface area contributed by atoms with Gasteiger partial charge in [0.2, 0.25) is 5.89 Å². The van der Waals surface area contributed by atoms with Gasteiger partial charge in [0, 0.05) is 27.7 Å². The van der Waals surface area contributed by atoms with Gasteiger partial charge in [-0.05, 0) is 81.2 Å². The molecule has 0 radical (unpaired) electrons. The lowest BCUT2D eigenvalue weighted by atomic mass is 10.0. The van der Waals surface area contributed by atoms with Crippen molar-refractivity contribution in [1.82, 2.24) is 4.98 Å². The molecule has 0 fully saturated rings. The van der Waals surface area contributed by atoms with Gasteiger partial charge in [-0.2, -0.15) is 0 Å². The number of para-hydroxylation sites is 1. The van der Waals surface area contributed by atoms with Gasteiger partial charge in [-0.3, -0.25) is 0 Å². The third kappa shape index (κ3) is 4.49. The van der Waals surface area contributed by atoms with Gasteiger partial charge in [-0.1, -0.05) is 121 Å². The third-order valence-corrected chi connectivity index (χ3v) is 9.44. The highest BCUT2D eigenvalue weighted by molar-refractivity contribution is 6.18. The second-order valence-electron chi connectivity index (χ2n) is 12.4. The summed E-state index contributed by atoms with van der Waals surface area (Å²) in [5.74, 6) is 0.566. The van der Waals surface area contributed by atoms with E-state index in [9.17, 15) is 0 Å². The van der Waals surface area contributed by atoms with Gasteiger partial charge in [0.05, 0.1) is 0 Å². The van der Waals surface area contributed by atoms with Crippen LogP contribution >= 0.6 is 0 Å². The van der Waals surface area contributed by atoms with Crippen molar-refractivity contribution >= 4 is 71.6 Å². The van der Waals surface area contributed by atoms with Crippen LogP contribution in [0.1, 0.15) is 0 Å². The summed E-state index contributed by atoms with van der Waals surface area (Å²) in [6.07, 6.45) is 0. The number of oxazole rings is 1. The Morgan fingerprint density at radius 1 is 0.408 bits per heavy atom. The fourth-order valence-corrected chi connectivity index (χ4v) is 7.13. The molecule has 0 aliphatic rings. The second kappa shape index (κ2) is 11.0. The summed E-state index contributed by atoms with van der Waals surface area (Å²) in [4.78, 5) is 7.34. The number of aromatic nitrogens is 1. The van der Waals surface area contributed by atoms with E-state index in [1.807, 2.05) is 54.6 Å². The van der Waals surface area contributed by atoms with Gasteiger partial charge in [0.25, 0.3) is 0 Å². The van der Waals surface area contributed by atoms with E-state index in [4.69, 9.17) is 13.8 Å². The number of benzene rings is 8. The fourth-order valence-electron chi connectivity index (χ4n) is 7.13. The lowest BCUT2D eigenvalue weighted by Crippen LogP contribution is -2.11. The second-order valence-corrected chi connectivity index (χ2v) is 12.4. The molecule has 2 heterocycles. The highest BCUT2D eigenvalue weighted by Gasteiger charge is 2.27. The van der Waals surface area contributed by atoms with E-state index in [2.05, 4.69) is 120 Å². The molecule has 0 atom stereocenters. The molecule has 10 aromatic rings. The van der Waals surface area contributed by atoms with Crippen molar-refractivity contribution in [2.45, 2.75) is 0 Å². The Balaban J connectivity index is 1.31. The van der Waals surface area contributed by atoms with E-state index in [1.165, 1.54) is 16.2 Å². The molecule has 0 N–H and O–H groups in total. The minimum atomic E-state index is 0.566. The van der Waals surface area contributed by atoms with Gasteiger partial charge < -0.3 is 13.7 Å². The monoisotopic (exact) mass is 628 g/mol. The molecule has 0 unspecified atom stereocenters. The molecular weight excluding hydrogens is 601 g/mol. The van der Waals surface area contributed by atoms with Crippen molar-refractivity contribution in [1.29, 1.82) is 0 Å². The van der Waals surface area contributed by atoms with Crippen LogP contribution in [0.2, 0.25) is 0 Å². The van der Waals surface area contributed by atoms with Crippen molar-refractivity contribution in [3.63, 3.8) is 0 Å². The quantitative estimate of drug-likeness (QED) is 0.178. The number of rotatable bonds is 5. The van der Waals surface area contributed by atoms with E-state index in [0.29, 0.717) is 11.5 Å². The number of anilines is 3. The first-order chi connectivity index (χ1) is 24.3. The number of fused-ring (bicyclic) bond motifs is 7. The third-order valence-electron chi connectivity index (χ3n) is 9.44. The Kier molecular flexibility index (Phi) is 6.15. The summed E-state index contributed by atoms with van der Waals surface area (Å²) in [5, 5.41) is 6.83. The summed E-state index contributed by atoms with van der Waals surface area (Å²) < 4.78 is 13.5. The molecule has 0 saturated heterocycles. The molecule has 0 bridgehead atoms. The van der Waals surface area contributed by atoms with E-state index in [0.717, 1.165) is 66.6 Å². The molecule has 49 heavy (non-hydrogen) atoms. The van der Waals surface area contributed by atoms with Gasteiger partial charge in [0.1, 0.15) is 16.8 Å². The molecule has 4 nitrogen and oxygen atoms in total. The number of hydrogen-bond acceptors (Lipinski definition) is 4. The smallest absolute Gasteiger partial charge is 0.227 e. The molecule has 230 valence electrons.